The monoisotopic (exact) mass is 325 g/mol. The zero-order valence-electron chi connectivity index (χ0n) is 9.79. The van der Waals surface area contributed by atoms with Gasteiger partial charge in [0.15, 0.2) is 5.78 Å². The number of carbonyl (C=O) groups excluding carboxylic acids is 1. The second-order valence-electron chi connectivity index (χ2n) is 4.04. The summed E-state index contributed by atoms with van der Waals surface area (Å²) in [6, 6.07) is 8.15. The van der Waals surface area contributed by atoms with E-state index >= 15 is 0 Å². The minimum Gasteiger partial charge on any atom is -0.398 e. The Labute approximate surface area is 117 Å². The molecule has 0 fully saturated rings. The van der Waals surface area contributed by atoms with Crippen LogP contribution in [-0.4, -0.2) is 5.78 Å². The minimum atomic E-state index is -0.720. The molecule has 2 N–H and O–H groups in total. The first kappa shape index (κ1) is 13.7. The SMILES string of the molecule is Nc1ccc(C(=O)Cc2c(F)cccc2F)cc1Br. The van der Waals surface area contributed by atoms with Crippen LogP contribution in [0, 0.1) is 11.6 Å². The average molecular weight is 326 g/mol. The van der Waals surface area contributed by atoms with Gasteiger partial charge in [-0.2, -0.15) is 0 Å². The maximum absolute atomic E-state index is 13.4. The summed E-state index contributed by atoms with van der Waals surface area (Å²) < 4.78 is 27.5. The molecule has 2 rings (SSSR count). The van der Waals surface area contributed by atoms with Gasteiger partial charge in [-0.05, 0) is 46.3 Å². The summed E-state index contributed by atoms with van der Waals surface area (Å²) in [7, 11) is 0. The number of halogens is 3. The Kier molecular flexibility index (Phi) is 3.95. The van der Waals surface area contributed by atoms with Crippen LogP contribution in [0.25, 0.3) is 0 Å². The van der Waals surface area contributed by atoms with Gasteiger partial charge in [0.2, 0.25) is 0 Å². The zero-order valence-corrected chi connectivity index (χ0v) is 11.4. The van der Waals surface area contributed by atoms with Gasteiger partial charge in [0, 0.05) is 27.7 Å². The van der Waals surface area contributed by atoms with Gasteiger partial charge in [0.1, 0.15) is 11.6 Å². The second kappa shape index (κ2) is 5.48. The van der Waals surface area contributed by atoms with E-state index in [4.69, 9.17) is 5.73 Å². The van der Waals surface area contributed by atoms with Crippen molar-refractivity contribution in [3.8, 4) is 0 Å². The Morgan fingerprint density at radius 2 is 1.79 bits per heavy atom. The number of benzene rings is 2. The highest BCUT2D eigenvalue weighted by Gasteiger charge is 2.15. The van der Waals surface area contributed by atoms with Crippen molar-refractivity contribution >= 4 is 27.4 Å². The summed E-state index contributed by atoms with van der Waals surface area (Å²) in [4.78, 5) is 12.0. The van der Waals surface area contributed by atoms with Crippen molar-refractivity contribution in [2.24, 2.45) is 0 Å². The van der Waals surface area contributed by atoms with Gasteiger partial charge in [-0.1, -0.05) is 6.07 Å². The van der Waals surface area contributed by atoms with Crippen LogP contribution in [0.1, 0.15) is 15.9 Å². The fourth-order valence-electron chi connectivity index (χ4n) is 1.66. The Morgan fingerprint density at radius 3 is 2.37 bits per heavy atom. The fourth-order valence-corrected chi connectivity index (χ4v) is 2.04. The first-order chi connectivity index (χ1) is 8.99. The maximum Gasteiger partial charge on any atom is 0.167 e. The molecule has 0 spiro atoms. The lowest BCUT2D eigenvalue weighted by molar-refractivity contribution is 0.0990. The van der Waals surface area contributed by atoms with Gasteiger partial charge in [-0.3, -0.25) is 4.79 Å². The summed E-state index contributed by atoms with van der Waals surface area (Å²) in [6.45, 7) is 0. The van der Waals surface area contributed by atoms with Crippen molar-refractivity contribution in [1.29, 1.82) is 0 Å². The summed E-state index contributed by atoms with van der Waals surface area (Å²) in [5.41, 5.74) is 6.23. The number of hydrogen-bond acceptors (Lipinski definition) is 2. The highest BCUT2D eigenvalue weighted by molar-refractivity contribution is 9.10. The number of rotatable bonds is 3. The van der Waals surface area contributed by atoms with E-state index in [1.54, 1.807) is 6.07 Å². The van der Waals surface area contributed by atoms with Crippen LogP contribution in [0.3, 0.4) is 0 Å². The van der Waals surface area contributed by atoms with Gasteiger partial charge in [-0.15, -0.1) is 0 Å². The number of ketones is 1. The minimum absolute atomic E-state index is 0.222. The molecule has 0 bridgehead atoms. The second-order valence-corrected chi connectivity index (χ2v) is 4.89. The largest absolute Gasteiger partial charge is 0.398 e. The molecule has 0 aliphatic heterocycles. The van der Waals surface area contributed by atoms with Crippen LogP contribution in [0.15, 0.2) is 40.9 Å². The molecule has 0 aromatic heterocycles. The highest BCUT2D eigenvalue weighted by Crippen LogP contribution is 2.22. The third-order valence-electron chi connectivity index (χ3n) is 2.72. The van der Waals surface area contributed by atoms with Crippen molar-refractivity contribution in [1.82, 2.24) is 0 Å². The number of Topliss-reactive ketones (excluding diaryl/α,β-unsaturated/α-hetero) is 1. The summed E-state index contributed by atoms with van der Waals surface area (Å²) in [6.07, 6.45) is -0.325. The van der Waals surface area contributed by atoms with Crippen LogP contribution in [0.5, 0.6) is 0 Å². The molecular formula is C14H10BrF2NO. The van der Waals surface area contributed by atoms with E-state index in [2.05, 4.69) is 15.9 Å². The number of carbonyl (C=O) groups is 1. The predicted molar refractivity (Wildman–Crippen MR) is 72.9 cm³/mol. The zero-order chi connectivity index (χ0) is 14.0. The van der Waals surface area contributed by atoms with Crippen LogP contribution in [0.2, 0.25) is 0 Å². The van der Waals surface area contributed by atoms with E-state index in [9.17, 15) is 13.6 Å². The standard InChI is InChI=1S/C14H10BrF2NO/c15-10-6-8(4-5-13(10)18)14(19)7-9-11(16)2-1-3-12(9)17/h1-6H,7,18H2. The molecule has 0 aliphatic carbocycles. The number of nitrogens with two attached hydrogens (primary N) is 1. The lowest BCUT2D eigenvalue weighted by atomic mass is 10.0. The molecule has 0 unspecified atom stereocenters. The Bertz CT molecular complexity index is 623. The van der Waals surface area contributed by atoms with E-state index in [-0.39, 0.29) is 17.8 Å². The van der Waals surface area contributed by atoms with E-state index in [0.29, 0.717) is 15.7 Å². The highest BCUT2D eigenvalue weighted by atomic mass is 79.9. The smallest absolute Gasteiger partial charge is 0.167 e. The molecule has 5 heteroatoms. The fraction of sp³-hybridized carbons (Fsp3) is 0.0714. The van der Waals surface area contributed by atoms with Crippen LogP contribution in [0.4, 0.5) is 14.5 Å². The average Bonchev–Trinajstić information content (AvgIpc) is 2.37. The first-order valence-corrected chi connectivity index (χ1v) is 6.29. The molecule has 2 aromatic rings. The molecule has 2 nitrogen and oxygen atoms in total. The van der Waals surface area contributed by atoms with Crippen molar-refractivity contribution < 1.29 is 13.6 Å². The quantitative estimate of drug-likeness (QED) is 0.690. The molecule has 0 radical (unpaired) electrons. The summed E-state index contributed by atoms with van der Waals surface area (Å²) in [5, 5.41) is 0. The number of anilines is 1. The van der Waals surface area contributed by atoms with E-state index in [1.807, 2.05) is 0 Å². The molecule has 0 aliphatic rings. The first-order valence-electron chi connectivity index (χ1n) is 5.50. The molecule has 0 saturated carbocycles. The van der Waals surface area contributed by atoms with Crippen molar-refractivity contribution in [3.05, 3.63) is 63.6 Å². The molecule has 0 atom stereocenters. The molecular weight excluding hydrogens is 316 g/mol. The predicted octanol–water partition coefficient (Wildman–Crippen LogP) is 3.73. The molecule has 0 amide bonds. The number of nitrogen functional groups attached to an aromatic ring is 1. The van der Waals surface area contributed by atoms with Gasteiger partial charge < -0.3 is 5.73 Å². The van der Waals surface area contributed by atoms with Crippen molar-refractivity contribution in [3.63, 3.8) is 0 Å². The molecule has 0 saturated heterocycles. The van der Waals surface area contributed by atoms with Gasteiger partial charge >= 0.3 is 0 Å². The molecule has 0 heterocycles. The summed E-state index contributed by atoms with van der Waals surface area (Å²) >= 11 is 3.20. The topological polar surface area (TPSA) is 43.1 Å². The Morgan fingerprint density at radius 1 is 1.16 bits per heavy atom. The summed E-state index contributed by atoms with van der Waals surface area (Å²) in [5.74, 6) is -1.81. The van der Waals surface area contributed by atoms with E-state index in [1.165, 1.54) is 18.2 Å². The molecule has 98 valence electrons. The van der Waals surface area contributed by atoms with Crippen LogP contribution < -0.4 is 5.73 Å². The van der Waals surface area contributed by atoms with Gasteiger partial charge in [0.05, 0.1) is 0 Å². The lowest BCUT2D eigenvalue weighted by Crippen LogP contribution is -2.07. The Hall–Kier alpha value is -1.75. The van der Waals surface area contributed by atoms with E-state index < -0.39 is 11.6 Å². The maximum atomic E-state index is 13.4. The molecule has 19 heavy (non-hydrogen) atoms. The van der Waals surface area contributed by atoms with Crippen molar-refractivity contribution in [2.45, 2.75) is 6.42 Å². The van der Waals surface area contributed by atoms with Gasteiger partial charge in [0.25, 0.3) is 0 Å². The third-order valence-corrected chi connectivity index (χ3v) is 3.41. The van der Waals surface area contributed by atoms with Crippen LogP contribution >= 0.6 is 15.9 Å². The third kappa shape index (κ3) is 2.98. The number of hydrogen-bond donors (Lipinski definition) is 1. The molecule has 2 aromatic carbocycles. The van der Waals surface area contributed by atoms with E-state index in [0.717, 1.165) is 12.1 Å². The van der Waals surface area contributed by atoms with Crippen molar-refractivity contribution in [2.75, 3.05) is 5.73 Å². The van der Waals surface area contributed by atoms with Gasteiger partial charge in [-0.25, -0.2) is 8.78 Å². The lowest BCUT2D eigenvalue weighted by Gasteiger charge is -2.06. The normalized spacial score (nSPS) is 10.5. The van der Waals surface area contributed by atoms with Crippen LogP contribution in [-0.2, 0) is 6.42 Å². The Balaban J connectivity index is 2.28.